The summed E-state index contributed by atoms with van der Waals surface area (Å²) in [5.74, 6) is 0. The second kappa shape index (κ2) is 7.71. The van der Waals surface area contributed by atoms with Crippen molar-refractivity contribution in [2.45, 2.75) is 36.8 Å². The SMILES string of the molecule is NS(=O)(=O)c1ccc(NCCN2CCCCCC2)c(C(F)(F)F)c1. The number of rotatable bonds is 5. The summed E-state index contributed by atoms with van der Waals surface area (Å²) in [6.45, 7) is 2.92. The highest BCUT2D eigenvalue weighted by atomic mass is 32.2. The molecule has 1 aliphatic rings. The van der Waals surface area contributed by atoms with Crippen LogP contribution in [-0.2, 0) is 16.2 Å². The molecule has 1 saturated heterocycles. The van der Waals surface area contributed by atoms with E-state index in [0.717, 1.165) is 38.1 Å². The van der Waals surface area contributed by atoms with Gasteiger partial charge in [-0.05, 0) is 44.1 Å². The van der Waals surface area contributed by atoms with Gasteiger partial charge in [-0.1, -0.05) is 12.8 Å². The fourth-order valence-corrected chi connectivity index (χ4v) is 3.34. The highest BCUT2D eigenvalue weighted by molar-refractivity contribution is 7.89. The van der Waals surface area contributed by atoms with Crippen molar-refractivity contribution in [1.29, 1.82) is 0 Å². The predicted octanol–water partition coefficient (Wildman–Crippen LogP) is 2.64. The number of alkyl halides is 3. The number of nitrogens with zero attached hydrogens (tertiary/aromatic N) is 1. The lowest BCUT2D eigenvalue weighted by molar-refractivity contribution is -0.137. The number of nitrogens with two attached hydrogens (primary N) is 1. The maximum Gasteiger partial charge on any atom is 0.418 e. The van der Waals surface area contributed by atoms with Crippen LogP contribution in [0.2, 0.25) is 0 Å². The molecule has 1 heterocycles. The van der Waals surface area contributed by atoms with Crippen molar-refractivity contribution in [2.75, 3.05) is 31.5 Å². The van der Waals surface area contributed by atoms with Crippen LogP contribution < -0.4 is 10.5 Å². The average Bonchev–Trinajstić information content (AvgIpc) is 2.74. The minimum Gasteiger partial charge on any atom is -0.383 e. The zero-order valence-electron chi connectivity index (χ0n) is 13.3. The molecule has 1 aliphatic heterocycles. The predicted molar refractivity (Wildman–Crippen MR) is 86.2 cm³/mol. The molecule has 0 amide bonds. The Bertz CT molecular complexity index is 654. The standard InChI is InChI=1S/C15H22F3N3O2S/c16-15(17,18)13-11-12(24(19,22)23)5-6-14(13)20-7-10-21-8-3-1-2-4-9-21/h5-6,11,20H,1-4,7-10H2,(H2,19,22,23). The first-order chi connectivity index (χ1) is 11.2. The smallest absolute Gasteiger partial charge is 0.383 e. The van der Waals surface area contributed by atoms with Crippen molar-refractivity contribution in [1.82, 2.24) is 4.90 Å². The van der Waals surface area contributed by atoms with Gasteiger partial charge in [0.25, 0.3) is 0 Å². The topological polar surface area (TPSA) is 75.4 Å². The number of hydrogen-bond acceptors (Lipinski definition) is 4. The summed E-state index contributed by atoms with van der Waals surface area (Å²) in [4.78, 5) is 1.68. The first-order valence-corrected chi connectivity index (χ1v) is 9.43. The van der Waals surface area contributed by atoms with E-state index in [1.165, 1.54) is 12.8 Å². The van der Waals surface area contributed by atoms with E-state index in [1.807, 2.05) is 0 Å². The third-order valence-electron chi connectivity index (χ3n) is 4.07. The summed E-state index contributed by atoms with van der Waals surface area (Å²) in [6, 6.07) is 2.77. The Labute approximate surface area is 140 Å². The lowest BCUT2D eigenvalue weighted by atomic mass is 10.1. The first kappa shape index (κ1) is 19.0. The number of halogens is 3. The van der Waals surface area contributed by atoms with E-state index in [9.17, 15) is 21.6 Å². The molecule has 1 aromatic rings. The van der Waals surface area contributed by atoms with Crippen molar-refractivity contribution in [3.63, 3.8) is 0 Å². The molecular weight excluding hydrogens is 343 g/mol. The van der Waals surface area contributed by atoms with E-state index in [1.54, 1.807) is 0 Å². The molecule has 9 heteroatoms. The Kier molecular flexibility index (Phi) is 6.11. The second-order valence-electron chi connectivity index (χ2n) is 5.93. The Balaban J connectivity index is 2.08. The number of likely N-dealkylation sites (tertiary alicyclic amines) is 1. The molecule has 5 nitrogen and oxygen atoms in total. The second-order valence-corrected chi connectivity index (χ2v) is 7.49. The van der Waals surface area contributed by atoms with E-state index >= 15 is 0 Å². The molecule has 0 spiro atoms. The molecular formula is C15H22F3N3O2S. The number of anilines is 1. The molecule has 0 radical (unpaired) electrons. The van der Waals surface area contributed by atoms with Crippen molar-refractivity contribution in [2.24, 2.45) is 5.14 Å². The summed E-state index contributed by atoms with van der Waals surface area (Å²) < 4.78 is 62.0. The number of benzene rings is 1. The highest BCUT2D eigenvalue weighted by Crippen LogP contribution is 2.36. The van der Waals surface area contributed by atoms with Gasteiger partial charge in [0.1, 0.15) is 0 Å². The van der Waals surface area contributed by atoms with Crippen LogP contribution in [0.1, 0.15) is 31.2 Å². The minimum absolute atomic E-state index is 0.135. The van der Waals surface area contributed by atoms with Crippen LogP contribution in [0, 0.1) is 0 Å². The third-order valence-corrected chi connectivity index (χ3v) is 4.98. The Morgan fingerprint density at radius 2 is 1.75 bits per heavy atom. The van der Waals surface area contributed by atoms with Gasteiger partial charge < -0.3 is 10.2 Å². The molecule has 0 saturated carbocycles. The lowest BCUT2D eigenvalue weighted by Crippen LogP contribution is -2.30. The monoisotopic (exact) mass is 365 g/mol. The van der Waals surface area contributed by atoms with Gasteiger partial charge in [0, 0.05) is 18.8 Å². The molecule has 24 heavy (non-hydrogen) atoms. The van der Waals surface area contributed by atoms with E-state index in [2.05, 4.69) is 10.2 Å². The molecule has 0 unspecified atom stereocenters. The molecule has 136 valence electrons. The number of hydrogen-bond donors (Lipinski definition) is 2. The van der Waals surface area contributed by atoms with Crippen LogP contribution >= 0.6 is 0 Å². The highest BCUT2D eigenvalue weighted by Gasteiger charge is 2.34. The molecule has 1 fully saturated rings. The average molecular weight is 365 g/mol. The number of nitrogens with one attached hydrogen (secondary N) is 1. The van der Waals surface area contributed by atoms with E-state index in [-0.39, 0.29) is 5.69 Å². The quantitative estimate of drug-likeness (QED) is 0.841. The lowest BCUT2D eigenvalue weighted by Gasteiger charge is -2.21. The third kappa shape index (κ3) is 5.35. The number of sulfonamides is 1. The van der Waals surface area contributed by atoms with Crippen LogP contribution in [0.3, 0.4) is 0 Å². The van der Waals surface area contributed by atoms with E-state index in [0.29, 0.717) is 19.2 Å². The van der Waals surface area contributed by atoms with Crippen molar-refractivity contribution < 1.29 is 21.6 Å². The first-order valence-electron chi connectivity index (χ1n) is 7.88. The Hall–Kier alpha value is -1.32. The maximum atomic E-state index is 13.2. The maximum absolute atomic E-state index is 13.2. The van der Waals surface area contributed by atoms with Gasteiger partial charge in [0.05, 0.1) is 10.5 Å². The van der Waals surface area contributed by atoms with Crippen LogP contribution in [0.15, 0.2) is 23.1 Å². The molecule has 0 bridgehead atoms. The van der Waals surface area contributed by atoms with Gasteiger partial charge >= 0.3 is 6.18 Å². The molecule has 0 aromatic heterocycles. The summed E-state index contributed by atoms with van der Waals surface area (Å²) in [6.07, 6.45) is -0.0618. The van der Waals surface area contributed by atoms with Gasteiger partial charge in [-0.15, -0.1) is 0 Å². The van der Waals surface area contributed by atoms with Gasteiger partial charge in [0.15, 0.2) is 0 Å². The van der Waals surface area contributed by atoms with Gasteiger partial charge in [0.2, 0.25) is 10.0 Å². The Morgan fingerprint density at radius 3 is 2.29 bits per heavy atom. The largest absolute Gasteiger partial charge is 0.418 e. The van der Waals surface area contributed by atoms with Crippen molar-refractivity contribution >= 4 is 15.7 Å². The van der Waals surface area contributed by atoms with Crippen molar-refractivity contribution in [3.05, 3.63) is 23.8 Å². The molecule has 2 rings (SSSR count). The fraction of sp³-hybridized carbons (Fsp3) is 0.600. The Morgan fingerprint density at radius 1 is 1.12 bits per heavy atom. The van der Waals surface area contributed by atoms with Crippen LogP contribution in [0.25, 0.3) is 0 Å². The zero-order valence-corrected chi connectivity index (χ0v) is 14.1. The van der Waals surface area contributed by atoms with Gasteiger partial charge in [-0.3, -0.25) is 0 Å². The summed E-state index contributed by atoms with van der Waals surface area (Å²) in [5, 5.41) is 7.68. The molecule has 0 atom stereocenters. The summed E-state index contributed by atoms with van der Waals surface area (Å²) in [7, 11) is -4.18. The molecule has 1 aromatic carbocycles. The summed E-state index contributed by atoms with van der Waals surface area (Å²) in [5.41, 5.74) is -1.16. The van der Waals surface area contributed by atoms with E-state index in [4.69, 9.17) is 5.14 Å². The van der Waals surface area contributed by atoms with Crippen LogP contribution in [-0.4, -0.2) is 39.5 Å². The zero-order chi connectivity index (χ0) is 17.8. The van der Waals surface area contributed by atoms with Crippen molar-refractivity contribution in [3.8, 4) is 0 Å². The fourth-order valence-electron chi connectivity index (χ4n) is 2.80. The normalized spacial score (nSPS) is 17.5. The molecule has 3 N–H and O–H groups in total. The summed E-state index contributed by atoms with van der Waals surface area (Å²) >= 11 is 0. The number of primary sulfonamides is 1. The van der Waals surface area contributed by atoms with Crippen LogP contribution in [0.4, 0.5) is 18.9 Å². The van der Waals surface area contributed by atoms with Gasteiger partial charge in [-0.2, -0.15) is 13.2 Å². The minimum atomic E-state index is -4.66. The van der Waals surface area contributed by atoms with Crippen LogP contribution in [0.5, 0.6) is 0 Å². The molecule has 0 aliphatic carbocycles. The van der Waals surface area contributed by atoms with E-state index < -0.39 is 26.7 Å². The van der Waals surface area contributed by atoms with Gasteiger partial charge in [-0.25, -0.2) is 13.6 Å².